The Kier molecular flexibility index (Phi) is 6.74. The Hall–Kier alpha value is -2.04. The van der Waals surface area contributed by atoms with Gasteiger partial charge in [0.1, 0.15) is 11.6 Å². The SMILES string of the molecule is CN=C(NCCCCOc1ccc(F)cc1)NC1CC=CC1. The van der Waals surface area contributed by atoms with Crippen LogP contribution in [-0.2, 0) is 0 Å². The fourth-order valence-corrected chi connectivity index (χ4v) is 2.28. The summed E-state index contributed by atoms with van der Waals surface area (Å²) in [6.45, 7) is 1.48. The highest BCUT2D eigenvalue weighted by Gasteiger charge is 2.10. The van der Waals surface area contributed by atoms with Gasteiger partial charge in [-0.1, -0.05) is 12.2 Å². The maximum atomic E-state index is 12.7. The van der Waals surface area contributed by atoms with Gasteiger partial charge in [0, 0.05) is 19.6 Å². The van der Waals surface area contributed by atoms with Gasteiger partial charge < -0.3 is 15.4 Å². The highest BCUT2D eigenvalue weighted by molar-refractivity contribution is 5.80. The Morgan fingerprint density at radius 1 is 1.23 bits per heavy atom. The minimum absolute atomic E-state index is 0.243. The minimum atomic E-state index is -0.243. The third kappa shape index (κ3) is 5.76. The molecule has 0 aromatic heterocycles. The standard InChI is InChI=1S/C17H24FN3O/c1-19-17(21-15-6-2-3-7-15)20-12-4-5-13-22-16-10-8-14(18)9-11-16/h2-3,8-11,15H,4-7,12-13H2,1H3,(H2,19,20,21). The second kappa shape index (κ2) is 9.07. The first-order valence-electron chi connectivity index (χ1n) is 7.78. The average Bonchev–Trinajstić information content (AvgIpc) is 3.04. The summed E-state index contributed by atoms with van der Waals surface area (Å²) in [5.74, 6) is 1.32. The molecule has 0 fully saturated rings. The predicted octanol–water partition coefficient (Wildman–Crippen LogP) is 2.87. The van der Waals surface area contributed by atoms with Crippen molar-refractivity contribution in [1.29, 1.82) is 0 Å². The lowest BCUT2D eigenvalue weighted by molar-refractivity contribution is 0.306. The van der Waals surface area contributed by atoms with Gasteiger partial charge in [-0.2, -0.15) is 0 Å². The van der Waals surface area contributed by atoms with Crippen molar-refractivity contribution in [1.82, 2.24) is 10.6 Å². The Labute approximate surface area is 131 Å². The molecule has 2 rings (SSSR count). The first kappa shape index (κ1) is 16.3. The monoisotopic (exact) mass is 305 g/mol. The van der Waals surface area contributed by atoms with Gasteiger partial charge in [-0.3, -0.25) is 4.99 Å². The topological polar surface area (TPSA) is 45.7 Å². The van der Waals surface area contributed by atoms with E-state index >= 15 is 0 Å². The van der Waals surface area contributed by atoms with Crippen LogP contribution >= 0.6 is 0 Å². The van der Waals surface area contributed by atoms with Crippen LogP contribution in [0.15, 0.2) is 41.4 Å². The average molecular weight is 305 g/mol. The van der Waals surface area contributed by atoms with E-state index in [0.29, 0.717) is 18.4 Å². The largest absolute Gasteiger partial charge is 0.494 e. The number of ether oxygens (including phenoxy) is 1. The number of hydrogen-bond acceptors (Lipinski definition) is 2. The molecule has 0 saturated carbocycles. The molecule has 0 saturated heterocycles. The summed E-state index contributed by atoms with van der Waals surface area (Å²) in [7, 11) is 1.79. The van der Waals surface area contributed by atoms with Gasteiger partial charge in [0.25, 0.3) is 0 Å². The molecule has 1 aliphatic carbocycles. The molecule has 1 aliphatic rings. The highest BCUT2D eigenvalue weighted by Crippen LogP contribution is 2.11. The smallest absolute Gasteiger partial charge is 0.191 e. The van der Waals surface area contributed by atoms with E-state index in [4.69, 9.17) is 4.74 Å². The van der Waals surface area contributed by atoms with Crippen molar-refractivity contribution in [2.75, 3.05) is 20.2 Å². The number of benzene rings is 1. The number of nitrogens with one attached hydrogen (secondary N) is 2. The van der Waals surface area contributed by atoms with Crippen molar-refractivity contribution in [3.8, 4) is 5.75 Å². The number of guanidine groups is 1. The zero-order chi connectivity index (χ0) is 15.6. The second-order valence-corrected chi connectivity index (χ2v) is 5.29. The van der Waals surface area contributed by atoms with Gasteiger partial charge in [0.15, 0.2) is 5.96 Å². The van der Waals surface area contributed by atoms with E-state index < -0.39 is 0 Å². The lowest BCUT2D eigenvalue weighted by atomic mass is 10.2. The molecule has 0 radical (unpaired) electrons. The Balaban J connectivity index is 1.53. The zero-order valence-electron chi connectivity index (χ0n) is 13.0. The summed E-state index contributed by atoms with van der Waals surface area (Å²) in [6.07, 6.45) is 8.44. The predicted molar refractivity (Wildman–Crippen MR) is 87.8 cm³/mol. The van der Waals surface area contributed by atoms with Crippen LogP contribution in [0.3, 0.4) is 0 Å². The van der Waals surface area contributed by atoms with Crippen LogP contribution in [0.2, 0.25) is 0 Å². The third-order valence-corrected chi connectivity index (χ3v) is 3.52. The normalized spacial score (nSPS) is 15.1. The van der Waals surface area contributed by atoms with Crippen LogP contribution in [0.5, 0.6) is 5.75 Å². The Bertz CT molecular complexity index is 491. The minimum Gasteiger partial charge on any atom is -0.494 e. The lowest BCUT2D eigenvalue weighted by Gasteiger charge is -2.16. The molecule has 2 N–H and O–H groups in total. The number of unbranched alkanes of at least 4 members (excludes halogenated alkanes) is 1. The van der Waals surface area contributed by atoms with Crippen LogP contribution in [0.25, 0.3) is 0 Å². The molecule has 0 bridgehead atoms. The second-order valence-electron chi connectivity index (χ2n) is 5.29. The van der Waals surface area contributed by atoms with E-state index in [2.05, 4.69) is 27.8 Å². The molecule has 0 atom stereocenters. The molecular formula is C17H24FN3O. The number of halogens is 1. The van der Waals surface area contributed by atoms with Gasteiger partial charge >= 0.3 is 0 Å². The van der Waals surface area contributed by atoms with E-state index in [-0.39, 0.29) is 5.82 Å². The first-order valence-corrected chi connectivity index (χ1v) is 7.78. The molecule has 5 heteroatoms. The summed E-state index contributed by atoms with van der Waals surface area (Å²) in [5.41, 5.74) is 0. The van der Waals surface area contributed by atoms with Gasteiger partial charge in [-0.15, -0.1) is 0 Å². The zero-order valence-corrected chi connectivity index (χ0v) is 13.0. The van der Waals surface area contributed by atoms with E-state index in [1.165, 1.54) is 12.1 Å². The van der Waals surface area contributed by atoms with Gasteiger partial charge in [0.05, 0.1) is 6.61 Å². The highest BCUT2D eigenvalue weighted by atomic mass is 19.1. The fraction of sp³-hybridized carbons (Fsp3) is 0.471. The number of rotatable bonds is 7. The van der Waals surface area contributed by atoms with Gasteiger partial charge in [0.2, 0.25) is 0 Å². The van der Waals surface area contributed by atoms with Crippen LogP contribution < -0.4 is 15.4 Å². The van der Waals surface area contributed by atoms with E-state index in [0.717, 1.165) is 38.2 Å². The van der Waals surface area contributed by atoms with Crippen molar-refractivity contribution in [2.24, 2.45) is 4.99 Å². The van der Waals surface area contributed by atoms with E-state index in [9.17, 15) is 4.39 Å². The Morgan fingerprint density at radius 3 is 2.64 bits per heavy atom. The van der Waals surface area contributed by atoms with Crippen LogP contribution in [-0.4, -0.2) is 32.2 Å². The summed E-state index contributed by atoms with van der Waals surface area (Å²) in [5, 5.41) is 6.71. The number of nitrogens with zero attached hydrogens (tertiary/aromatic N) is 1. The molecule has 0 amide bonds. The van der Waals surface area contributed by atoms with Crippen molar-refractivity contribution in [3.63, 3.8) is 0 Å². The third-order valence-electron chi connectivity index (χ3n) is 3.52. The molecule has 0 heterocycles. The van der Waals surface area contributed by atoms with Crippen LogP contribution in [0.4, 0.5) is 4.39 Å². The molecule has 0 unspecified atom stereocenters. The molecular weight excluding hydrogens is 281 g/mol. The maximum Gasteiger partial charge on any atom is 0.191 e. The van der Waals surface area contributed by atoms with Crippen LogP contribution in [0.1, 0.15) is 25.7 Å². The summed E-state index contributed by atoms with van der Waals surface area (Å²) in [6, 6.07) is 6.58. The molecule has 1 aromatic rings. The number of hydrogen-bond donors (Lipinski definition) is 2. The molecule has 1 aromatic carbocycles. The van der Waals surface area contributed by atoms with E-state index in [1.807, 2.05) is 0 Å². The van der Waals surface area contributed by atoms with Crippen molar-refractivity contribution in [3.05, 3.63) is 42.2 Å². The molecule has 4 nitrogen and oxygen atoms in total. The fourth-order valence-electron chi connectivity index (χ4n) is 2.28. The van der Waals surface area contributed by atoms with Crippen LogP contribution in [0, 0.1) is 5.82 Å². The van der Waals surface area contributed by atoms with Gasteiger partial charge in [-0.25, -0.2) is 4.39 Å². The number of aliphatic imine (C=N–C) groups is 1. The molecule has 22 heavy (non-hydrogen) atoms. The first-order chi connectivity index (χ1) is 10.8. The van der Waals surface area contributed by atoms with Crippen molar-refractivity contribution in [2.45, 2.75) is 31.7 Å². The lowest BCUT2D eigenvalue weighted by Crippen LogP contribution is -2.42. The quantitative estimate of drug-likeness (QED) is 0.352. The van der Waals surface area contributed by atoms with Crippen molar-refractivity contribution >= 4 is 5.96 Å². The van der Waals surface area contributed by atoms with Crippen molar-refractivity contribution < 1.29 is 9.13 Å². The summed E-state index contributed by atoms with van der Waals surface area (Å²) in [4.78, 5) is 4.23. The summed E-state index contributed by atoms with van der Waals surface area (Å²) < 4.78 is 18.3. The Morgan fingerprint density at radius 2 is 1.95 bits per heavy atom. The molecule has 120 valence electrons. The molecule has 0 aliphatic heterocycles. The van der Waals surface area contributed by atoms with E-state index in [1.54, 1.807) is 19.2 Å². The maximum absolute atomic E-state index is 12.7. The van der Waals surface area contributed by atoms with Gasteiger partial charge in [-0.05, 0) is 49.9 Å². The summed E-state index contributed by atoms with van der Waals surface area (Å²) >= 11 is 0. The molecule has 0 spiro atoms.